The number of hydrogen-bond donors (Lipinski definition) is 3. The van der Waals surface area contributed by atoms with Gasteiger partial charge in [-0.05, 0) is 19.1 Å². The molecule has 92 valence electrons. The summed E-state index contributed by atoms with van der Waals surface area (Å²) in [7, 11) is 0. The number of H-pyrrole nitrogens is 1. The number of aromatic amines is 1. The molecule has 6 heteroatoms. The van der Waals surface area contributed by atoms with Crippen molar-refractivity contribution in [3.63, 3.8) is 0 Å². The summed E-state index contributed by atoms with van der Waals surface area (Å²) >= 11 is 0. The van der Waals surface area contributed by atoms with E-state index in [4.69, 9.17) is 5.73 Å². The minimum absolute atomic E-state index is 0.263. The molecule has 2 rings (SSSR count). The molecule has 1 aromatic carbocycles. The predicted molar refractivity (Wildman–Crippen MR) is 66.2 cm³/mol. The summed E-state index contributed by atoms with van der Waals surface area (Å²) in [6.07, 6.45) is 1.43. The summed E-state index contributed by atoms with van der Waals surface area (Å²) in [5.74, 6) is -0.980. The van der Waals surface area contributed by atoms with Gasteiger partial charge in [-0.2, -0.15) is 0 Å². The quantitative estimate of drug-likeness (QED) is 0.752. The molecule has 0 fully saturated rings. The second kappa shape index (κ2) is 4.70. The lowest BCUT2D eigenvalue weighted by atomic mass is 10.1. The predicted octanol–water partition coefficient (Wildman–Crippen LogP) is 1.07. The lowest BCUT2D eigenvalue weighted by Crippen LogP contribution is -2.19. The van der Waals surface area contributed by atoms with Crippen molar-refractivity contribution >= 4 is 17.5 Å². The third-order valence-electron chi connectivity index (χ3n) is 2.49. The third-order valence-corrected chi connectivity index (χ3v) is 2.49. The Morgan fingerprint density at radius 3 is 2.67 bits per heavy atom. The molecule has 2 aromatic rings. The molecule has 1 heterocycles. The number of aromatic nitrogens is 2. The Bertz CT molecular complexity index is 604. The summed E-state index contributed by atoms with van der Waals surface area (Å²) in [4.78, 5) is 29.8. The van der Waals surface area contributed by atoms with Crippen molar-refractivity contribution in [3.05, 3.63) is 47.5 Å². The zero-order chi connectivity index (χ0) is 13.1. The minimum Gasteiger partial charge on any atom is -0.366 e. The Kier molecular flexibility index (Phi) is 3.09. The molecule has 0 aliphatic rings. The van der Waals surface area contributed by atoms with Crippen molar-refractivity contribution in [2.75, 3.05) is 5.32 Å². The highest BCUT2D eigenvalue weighted by Crippen LogP contribution is 2.15. The van der Waals surface area contributed by atoms with Gasteiger partial charge >= 0.3 is 0 Å². The standard InChI is InChI=1S/C12H12N4O2/c1-7-10(15-6-14-7)12(18)16-9-5-3-2-4-8(9)11(13)17/h2-6H,1H3,(H2,13,17)(H,14,15)(H,16,18). The first-order chi connectivity index (χ1) is 8.59. The highest BCUT2D eigenvalue weighted by molar-refractivity contribution is 6.08. The van der Waals surface area contributed by atoms with Crippen molar-refractivity contribution in [2.45, 2.75) is 6.92 Å². The number of hydrogen-bond acceptors (Lipinski definition) is 3. The van der Waals surface area contributed by atoms with Crippen LogP contribution in [0.4, 0.5) is 5.69 Å². The Hall–Kier alpha value is -2.63. The maximum absolute atomic E-state index is 11.9. The van der Waals surface area contributed by atoms with Crippen LogP contribution in [-0.2, 0) is 0 Å². The van der Waals surface area contributed by atoms with Crippen molar-refractivity contribution in [3.8, 4) is 0 Å². The molecule has 4 N–H and O–H groups in total. The van der Waals surface area contributed by atoms with E-state index in [0.29, 0.717) is 11.4 Å². The van der Waals surface area contributed by atoms with E-state index in [1.807, 2.05) is 0 Å². The van der Waals surface area contributed by atoms with Crippen molar-refractivity contribution in [1.29, 1.82) is 0 Å². The largest absolute Gasteiger partial charge is 0.366 e. The number of benzene rings is 1. The number of imidazole rings is 1. The van der Waals surface area contributed by atoms with Crippen molar-refractivity contribution in [1.82, 2.24) is 9.97 Å². The average Bonchev–Trinajstić information content (AvgIpc) is 2.76. The normalized spacial score (nSPS) is 10.1. The van der Waals surface area contributed by atoms with Gasteiger partial charge in [-0.3, -0.25) is 9.59 Å². The average molecular weight is 244 g/mol. The smallest absolute Gasteiger partial charge is 0.276 e. The van der Waals surface area contributed by atoms with Crippen LogP contribution in [0.5, 0.6) is 0 Å². The number of amides is 2. The second-order valence-electron chi connectivity index (χ2n) is 3.74. The maximum atomic E-state index is 11.9. The number of rotatable bonds is 3. The Morgan fingerprint density at radius 2 is 2.06 bits per heavy atom. The second-order valence-corrected chi connectivity index (χ2v) is 3.74. The molecule has 0 saturated heterocycles. The van der Waals surface area contributed by atoms with Gasteiger partial charge in [0.1, 0.15) is 5.69 Å². The molecule has 0 aliphatic carbocycles. The lowest BCUT2D eigenvalue weighted by Gasteiger charge is -2.07. The van der Waals surface area contributed by atoms with E-state index in [1.54, 1.807) is 31.2 Å². The molecule has 0 spiro atoms. The van der Waals surface area contributed by atoms with Gasteiger partial charge in [0.05, 0.1) is 17.6 Å². The van der Waals surface area contributed by atoms with Gasteiger partial charge in [-0.15, -0.1) is 0 Å². The SMILES string of the molecule is Cc1[nH]cnc1C(=O)Nc1ccccc1C(N)=O. The van der Waals surface area contributed by atoms with Crippen LogP contribution in [0.2, 0.25) is 0 Å². The molecule has 0 radical (unpaired) electrons. The summed E-state index contributed by atoms with van der Waals surface area (Å²) in [6, 6.07) is 6.55. The van der Waals surface area contributed by atoms with Gasteiger partial charge in [0, 0.05) is 5.69 Å². The van der Waals surface area contributed by atoms with Gasteiger partial charge in [-0.1, -0.05) is 12.1 Å². The maximum Gasteiger partial charge on any atom is 0.276 e. The summed E-state index contributed by atoms with van der Waals surface area (Å²) in [5.41, 5.74) is 6.81. The van der Waals surface area contributed by atoms with Crippen LogP contribution in [0.1, 0.15) is 26.5 Å². The Morgan fingerprint density at radius 1 is 1.33 bits per heavy atom. The van der Waals surface area contributed by atoms with E-state index in [2.05, 4.69) is 15.3 Å². The molecular weight excluding hydrogens is 232 g/mol. The monoisotopic (exact) mass is 244 g/mol. The van der Waals surface area contributed by atoms with Crippen LogP contribution >= 0.6 is 0 Å². The molecule has 2 amide bonds. The van der Waals surface area contributed by atoms with Crippen LogP contribution in [-0.4, -0.2) is 21.8 Å². The number of aryl methyl sites for hydroxylation is 1. The molecule has 0 aliphatic heterocycles. The topological polar surface area (TPSA) is 101 Å². The fraction of sp³-hybridized carbons (Fsp3) is 0.0833. The highest BCUT2D eigenvalue weighted by atomic mass is 16.2. The zero-order valence-corrected chi connectivity index (χ0v) is 9.73. The number of anilines is 1. The van der Waals surface area contributed by atoms with Crippen molar-refractivity contribution < 1.29 is 9.59 Å². The number of carbonyl (C=O) groups is 2. The number of carbonyl (C=O) groups excluding carboxylic acids is 2. The van der Waals surface area contributed by atoms with Gasteiger partial charge in [0.25, 0.3) is 11.8 Å². The van der Waals surface area contributed by atoms with E-state index in [1.165, 1.54) is 6.33 Å². The minimum atomic E-state index is -0.593. The van der Waals surface area contributed by atoms with Crippen LogP contribution in [0.15, 0.2) is 30.6 Å². The first-order valence-electron chi connectivity index (χ1n) is 5.29. The van der Waals surface area contributed by atoms with Gasteiger partial charge in [0.15, 0.2) is 0 Å². The molecule has 6 nitrogen and oxygen atoms in total. The Balaban J connectivity index is 2.28. The molecule has 0 unspecified atom stereocenters. The molecular formula is C12H12N4O2. The molecule has 0 atom stereocenters. The zero-order valence-electron chi connectivity index (χ0n) is 9.73. The first kappa shape index (κ1) is 11.8. The summed E-state index contributed by atoms with van der Waals surface area (Å²) in [6.45, 7) is 1.74. The van der Waals surface area contributed by atoms with Crippen LogP contribution in [0.3, 0.4) is 0 Å². The Labute approximate surface area is 103 Å². The number of para-hydroxylation sites is 1. The first-order valence-corrected chi connectivity index (χ1v) is 5.29. The number of nitrogens with zero attached hydrogens (tertiary/aromatic N) is 1. The molecule has 0 saturated carbocycles. The number of nitrogens with one attached hydrogen (secondary N) is 2. The summed E-state index contributed by atoms with van der Waals surface area (Å²) < 4.78 is 0. The van der Waals surface area contributed by atoms with Crippen LogP contribution in [0, 0.1) is 6.92 Å². The fourth-order valence-electron chi connectivity index (χ4n) is 1.58. The van der Waals surface area contributed by atoms with Crippen LogP contribution < -0.4 is 11.1 Å². The van der Waals surface area contributed by atoms with E-state index < -0.39 is 5.91 Å². The number of primary amides is 1. The van der Waals surface area contributed by atoms with Crippen LogP contribution in [0.25, 0.3) is 0 Å². The number of nitrogens with two attached hydrogens (primary N) is 1. The molecule has 0 bridgehead atoms. The van der Waals surface area contributed by atoms with Gasteiger partial charge in [-0.25, -0.2) is 4.98 Å². The fourth-order valence-corrected chi connectivity index (χ4v) is 1.58. The van der Waals surface area contributed by atoms with E-state index in [9.17, 15) is 9.59 Å². The van der Waals surface area contributed by atoms with Gasteiger partial charge in [0.2, 0.25) is 0 Å². The van der Waals surface area contributed by atoms with Crippen molar-refractivity contribution in [2.24, 2.45) is 5.73 Å². The van der Waals surface area contributed by atoms with Gasteiger partial charge < -0.3 is 16.0 Å². The van der Waals surface area contributed by atoms with E-state index in [-0.39, 0.29) is 17.2 Å². The van der Waals surface area contributed by atoms with E-state index >= 15 is 0 Å². The third kappa shape index (κ3) is 2.22. The summed E-state index contributed by atoms with van der Waals surface area (Å²) in [5, 5.41) is 2.61. The van der Waals surface area contributed by atoms with E-state index in [0.717, 1.165) is 0 Å². The molecule has 18 heavy (non-hydrogen) atoms. The highest BCUT2D eigenvalue weighted by Gasteiger charge is 2.14. The molecule has 1 aromatic heterocycles. The lowest BCUT2D eigenvalue weighted by molar-refractivity contribution is 0.100.